The number of aromatic nitrogens is 1. The van der Waals surface area contributed by atoms with E-state index in [-0.39, 0.29) is 18.3 Å². The molecule has 0 aliphatic heterocycles. The Hall–Kier alpha value is -3.13. The maximum Gasteiger partial charge on any atom is 0.310 e. The Morgan fingerprint density at radius 2 is 1.64 bits per heavy atom. The Bertz CT molecular complexity index is 1080. The zero-order valence-corrected chi connectivity index (χ0v) is 19.5. The second kappa shape index (κ2) is 12.2. The van der Waals surface area contributed by atoms with Crippen LogP contribution in [0.25, 0.3) is 0 Å². The molecule has 0 spiro atoms. The summed E-state index contributed by atoms with van der Waals surface area (Å²) in [5.41, 5.74) is 2.62. The van der Waals surface area contributed by atoms with Crippen molar-refractivity contribution >= 4 is 35.5 Å². The van der Waals surface area contributed by atoms with Crippen LogP contribution in [-0.4, -0.2) is 32.0 Å². The summed E-state index contributed by atoms with van der Waals surface area (Å²) in [6.07, 6.45) is 3.62. The summed E-state index contributed by atoms with van der Waals surface area (Å²) in [7, 11) is 3.08. The molecule has 33 heavy (non-hydrogen) atoms. The van der Waals surface area contributed by atoms with Gasteiger partial charge in [0.25, 0.3) is 0 Å². The van der Waals surface area contributed by atoms with Gasteiger partial charge in [-0.1, -0.05) is 53.5 Å². The molecule has 1 atom stereocenters. The van der Waals surface area contributed by atoms with Gasteiger partial charge in [0.2, 0.25) is 0 Å². The minimum Gasteiger partial charge on any atom is -0.870 e. The topological polar surface area (TPSA) is 106 Å². The number of methoxy groups -OCH3 is 2. The van der Waals surface area contributed by atoms with E-state index in [9.17, 15) is 9.59 Å². The lowest BCUT2D eigenvalue weighted by atomic mass is 10.0. The number of pyridine rings is 1. The van der Waals surface area contributed by atoms with Gasteiger partial charge in [0.1, 0.15) is 22.4 Å². The zero-order chi connectivity index (χ0) is 23.1. The molecule has 0 radical (unpaired) electrons. The normalized spacial score (nSPS) is 11.2. The number of ether oxygens (including phenoxy) is 3. The smallest absolute Gasteiger partial charge is 0.310 e. The molecule has 1 heterocycles. The first kappa shape index (κ1) is 26.1. The number of H-pyrrole nitrogens is 1. The summed E-state index contributed by atoms with van der Waals surface area (Å²) in [5, 5.41) is 0.868. The molecule has 1 aromatic heterocycles. The molecule has 0 fully saturated rings. The first-order valence-electron chi connectivity index (χ1n) is 9.74. The van der Waals surface area contributed by atoms with E-state index < -0.39 is 12.1 Å². The average molecular weight is 492 g/mol. The first-order valence-corrected chi connectivity index (χ1v) is 10.5. The lowest BCUT2D eigenvalue weighted by molar-refractivity contribution is -0.377. The highest BCUT2D eigenvalue weighted by Crippen LogP contribution is 2.35. The van der Waals surface area contributed by atoms with Gasteiger partial charge in [0.15, 0.2) is 23.9 Å². The van der Waals surface area contributed by atoms with Crippen LogP contribution in [0.3, 0.4) is 0 Å². The van der Waals surface area contributed by atoms with E-state index in [1.54, 1.807) is 62.0 Å². The van der Waals surface area contributed by atoms with E-state index in [0.717, 1.165) is 11.8 Å². The van der Waals surface area contributed by atoms with Gasteiger partial charge in [-0.25, -0.2) is 4.98 Å². The van der Waals surface area contributed by atoms with E-state index in [2.05, 4.69) is 4.98 Å². The number of rotatable bonds is 9. The molecule has 174 valence electrons. The maximum atomic E-state index is 12.8. The third-order valence-corrected chi connectivity index (χ3v) is 5.58. The molecule has 0 amide bonds. The van der Waals surface area contributed by atoms with Gasteiger partial charge >= 0.3 is 5.97 Å². The van der Waals surface area contributed by atoms with Gasteiger partial charge in [0, 0.05) is 17.5 Å². The minimum atomic E-state index is -0.672. The Morgan fingerprint density at radius 1 is 1.00 bits per heavy atom. The number of aromatic amines is 1. The predicted molar refractivity (Wildman–Crippen MR) is 123 cm³/mol. The summed E-state index contributed by atoms with van der Waals surface area (Å²) >= 11 is 12.7. The number of esters is 1. The minimum absolute atomic E-state index is 0. The van der Waals surface area contributed by atoms with Crippen molar-refractivity contribution in [2.24, 2.45) is 0 Å². The predicted octanol–water partition coefficient (Wildman–Crippen LogP) is 4.53. The van der Waals surface area contributed by atoms with Crippen LogP contribution in [-0.2, 0) is 22.4 Å². The largest absolute Gasteiger partial charge is 0.870 e. The van der Waals surface area contributed by atoms with Crippen molar-refractivity contribution < 1.29 is 34.3 Å². The lowest BCUT2D eigenvalue weighted by Crippen LogP contribution is -2.17. The van der Waals surface area contributed by atoms with Crippen LogP contribution in [0.5, 0.6) is 11.5 Å². The second-order valence-corrected chi connectivity index (χ2v) is 7.78. The van der Waals surface area contributed by atoms with E-state index >= 15 is 0 Å². The fraction of sp³-hybridized carbons (Fsp3) is 0.208. The summed E-state index contributed by atoms with van der Waals surface area (Å²) in [4.78, 5) is 26.5. The number of carbonyl (C=O) groups excluding carboxylic acids is 2. The summed E-state index contributed by atoms with van der Waals surface area (Å²) < 4.78 is 16.6. The molecular weight excluding hydrogens is 469 g/mol. The van der Waals surface area contributed by atoms with E-state index in [1.165, 1.54) is 7.11 Å². The molecule has 3 aromatic rings. The number of hydrogen-bond donors (Lipinski definition) is 0. The Labute approximate surface area is 201 Å². The number of nitrogens with one attached hydrogen (secondary N) is 1. The van der Waals surface area contributed by atoms with Crippen LogP contribution in [0.1, 0.15) is 33.2 Å². The lowest BCUT2D eigenvalue weighted by Gasteiger charge is -2.20. The van der Waals surface area contributed by atoms with E-state index in [0.29, 0.717) is 38.2 Å². The highest BCUT2D eigenvalue weighted by Gasteiger charge is 2.23. The Kier molecular flexibility index (Phi) is 9.66. The van der Waals surface area contributed by atoms with Crippen LogP contribution in [0.4, 0.5) is 0 Å². The van der Waals surface area contributed by atoms with Gasteiger partial charge < -0.3 is 19.7 Å². The number of halogens is 2. The van der Waals surface area contributed by atoms with Gasteiger partial charge in [-0.2, -0.15) is 0 Å². The van der Waals surface area contributed by atoms with Crippen molar-refractivity contribution in [2.45, 2.75) is 18.9 Å². The van der Waals surface area contributed by atoms with E-state index in [1.807, 2.05) is 0 Å². The highest BCUT2D eigenvalue weighted by atomic mass is 35.5. The van der Waals surface area contributed by atoms with Crippen molar-refractivity contribution in [3.05, 3.63) is 87.2 Å². The molecule has 0 saturated heterocycles. The van der Waals surface area contributed by atoms with Crippen LogP contribution in [0.2, 0.25) is 10.0 Å². The quantitative estimate of drug-likeness (QED) is 0.321. The number of carbonyl (C=O) groups is 2. The molecule has 2 aromatic carbocycles. The van der Waals surface area contributed by atoms with Crippen LogP contribution < -0.4 is 14.5 Å². The fourth-order valence-corrected chi connectivity index (χ4v) is 3.75. The maximum absolute atomic E-state index is 12.8. The molecule has 0 bridgehead atoms. The molecule has 3 rings (SSSR count). The first-order chi connectivity index (χ1) is 15.4. The van der Waals surface area contributed by atoms with Crippen molar-refractivity contribution in [3.8, 4) is 11.5 Å². The average Bonchev–Trinajstić information content (AvgIpc) is 2.80. The summed E-state index contributed by atoms with van der Waals surface area (Å²) in [6.45, 7) is 0. The third-order valence-electron chi connectivity index (χ3n) is 4.90. The van der Waals surface area contributed by atoms with Gasteiger partial charge in [0.05, 0.1) is 20.6 Å². The molecule has 9 heteroatoms. The van der Waals surface area contributed by atoms with E-state index in [4.69, 9.17) is 37.4 Å². The Balaban J connectivity index is 0.00000385. The fourth-order valence-electron chi connectivity index (χ4n) is 3.22. The summed E-state index contributed by atoms with van der Waals surface area (Å²) in [5.74, 6) is 0.634. The monoisotopic (exact) mass is 491 g/mol. The van der Waals surface area contributed by atoms with Crippen molar-refractivity contribution in [1.29, 1.82) is 0 Å². The molecule has 2 N–H and O–H groups in total. The van der Waals surface area contributed by atoms with Crippen LogP contribution in [0.15, 0.2) is 54.9 Å². The van der Waals surface area contributed by atoms with Crippen molar-refractivity contribution in [3.63, 3.8) is 0 Å². The number of aldehydes is 1. The standard InChI is InChI=1S/C24H21Cl2NO5.H2O/c1-30-21-8-7-17(10-23(21)31-2)22(11-18-19(25)12-27-13-20(18)26)32-24(29)9-15-3-5-16(14-28)6-4-15;/h3-8,10,12-14,22H,9,11H2,1-2H3;1H2/t22-;/m0./s1. The van der Waals surface area contributed by atoms with Gasteiger partial charge in [-0.05, 0) is 23.3 Å². The molecular formula is C24H23Cl2NO6. The zero-order valence-electron chi connectivity index (χ0n) is 18.0. The molecule has 0 unspecified atom stereocenters. The SMILES string of the molecule is COc1ccc([C@H](Cc2c(Cl)c[nH+]cc2Cl)OC(=O)Cc2ccc(C=O)cc2)cc1OC.[OH-]. The van der Waals surface area contributed by atoms with Gasteiger partial charge in [-0.15, -0.1) is 0 Å². The third kappa shape index (κ3) is 6.68. The van der Waals surface area contributed by atoms with Crippen LogP contribution >= 0.6 is 23.2 Å². The highest BCUT2D eigenvalue weighted by molar-refractivity contribution is 6.35. The Morgan fingerprint density at radius 3 is 2.21 bits per heavy atom. The second-order valence-electron chi connectivity index (χ2n) is 6.96. The molecule has 0 saturated carbocycles. The molecule has 7 nitrogen and oxygen atoms in total. The van der Waals surface area contributed by atoms with Crippen molar-refractivity contribution in [2.75, 3.05) is 14.2 Å². The number of benzene rings is 2. The molecule has 0 aliphatic rings. The molecule has 0 aliphatic carbocycles. The van der Waals surface area contributed by atoms with Crippen LogP contribution in [0, 0.1) is 0 Å². The summed E-state index contributed by atoms with van der Waals surface area (Å²) in [6, 6.07) is 12.0. The number of hydrogen-bond acceptors (Lipinski definition) is 6. The van der Waals surface area contributed by atoms with Gasteiger partial charge in [-0.3, -0.25) is 9.59 Å². The van der Waals surface area contributed by atoms with Crippen molar-refractivity contribution in [1.82, 2.24) is 0 Å².